The van der Waals surface area contributed by atoms with Crippen LogP contribution in [0.25, 0.3) is 11.3 Å². The van der Waals surface area contributed by atoms with Crippen LogP contribution in [0.1, 0.15) is 32.5 Å². The molecule has 2 N–H and O–H groups in total. The number of anilines is 1. The van der Waals surface area contributed by atoms with Crippen LogP contribution in [0.3, 0.4) is 0 Å². The summed E-state index contributed by atoms with van der Waals surface area (Å²) in [6.07, 6.45) is 3.19. The number of ether oxygens (including phenoxy) is 1. The van der Waals surface area contributed by atoms with Gasteiger partial charge in [-0.25, -0.2) is 4.98 Å². The Kier molecular flexibility index (Phi) is 3.86. The molecule has 0 saturated carbocycles. The molecule has 4 nitrogen and oxygen atoms in total. The van der Waals surface area contributed by atoms with Crippen molar-refractivity contribution in [1.82, 2.24) is 9.55 Å². The molecule has 0 radical (unpaired) electrons. The zero-order valence-corrected chi connectivity index (χ0v) is 12.8. The normalized spacial score (nSPS) is 17.5. The molecule has 21 heavy (non-hydrogen) atoms. The van der Waals surface area contributed by atoms with Crippen molar-refractivity contribution >= 4 is 5.82 Å². The van der Waals surface area contributed by atoms with Crippen molar-refractivity contribution in [2.45, 2.75) is 39.7 Å². The Bertz CT molecular complexity index is 633. The van der Waals surface area contributed by atoms with E-state index >= 15 is 0 Å². The highest BCUT2D eigenvalue weighted by Gasteiger charge is 2.22. The van der Waals surface area contributed by atoms with Gasteiger partial charge in [0, 0.05) is 18.5 Å². The zero-order chi connectivity index (χ0) is 14.8. The maximum atomic E-state index is 6.31. The molecular weight excluding hydrogens is 262 g/mol. The molecule has 1 aliphatic heterocycles. The van der Waals surface area contributed by atoms with Crippen LogP contribution in [0.5, 0.6) is 5.75 Å². The van der Waals surface area contributed by atoms with E-state index in [4.69, 9.17) is 15.5 Å². The van der Waals surface area contributed by atoms with Gasteiger partial charge in [-0.15, -0.1) is 0 Å². The van der Waals surface area contributed by atoms with Crippen LogP contribution in [0.4, 0.5) is 5.82 Å². The van der Waals surface area contributed by atoms with Gasteiger partial charge in [-0.3, -0.25) is 0 Å². The van der Waals surface area contributed by atoms with Crippen LogP contribution in [0.2, 0.25) is 0 Å². The highest BCUT2D eigenvalue weighted by atomic mass is 16.5. The number of nitrogens with zero attached hydrogens (tertiary/aromatic N) is 2. The van der Waals surface area contributed by atoms with E-state index in [-0.39, 0.29) is 0 Å². The first kappa shape index (κ1) is 14.0. The number of imidazole rings is 1. The predicted octanol–water partition coefficient (Wildman–Crippen LogP) is 3.50. The van der Waals surface area contributed by atoms with Crippen LogP contribution in [-0.4, -0.2) is 16.2 Å². The van der Waals surface area contributed by atoms with E-state index in [1.165, 1.54) is 6.42 Å². The Morgan fingerprint density at radius 3 is 3.10 bits per heavy atom. The third kappa shape index (κ3) is 2.75. The highest BCUT2D eigenvalue weighted by molar-refractivity contribution is 5.72. The van der Waals surface area contributed by atoms with Gasteiger partial charge in [0.25, 0.3) is 0 Å². The summed E-state index contributed by atoms with van der Waals surface area (Å²) in [7, 11) is 0. The summed E-state index contributed by atoms with van der Waals surface area (Å²) in [5.41, 5.74) is 8.24. The first-order valence-corrected chi connectivity index (χ1v) is 7.77. The van der Waals surface area contributed by atoms with Gasteiger partial charge in [-0.05, 0) is 30.9 Å². The number of hydrogen-bond donors (Lipinski definition) is 1. The first-order valence-electron chi connectivity index (χ1n) is 7.77. The first-order chi connectivity index (χ1) is 10.2. The Hall–Kier alpha value is -1.97. The summed E-state index contributed by atoms with van der Waals surface area (Å²) in [6.45, 7) is 6.08. The molecule has 1 aromatic heterocycles. The molecule has 2 heterocycles. The minimum atomic E-state index is 0.686. The Labute approximate surface area is 125 Å². The molecule has 1 aromatic carbocycles. The van der Waals surface area contributed by atoms with Crippen molar-refractivity contribution in [2.24, 2.45) is 5.92 Å². The monoisotopic (exact) mass is 285 g/mol. The quantitative estimate of drug-likeness (QED) is 0.935. The van der Waals surface area contributed by atoms with E-state index in [2.05, 4.69) is 18.4 Å². The van der Waals surface area contributed by atoms with E-state index in [0.717, 1.165) is 54.6 Å². The molecule has 0 spiro atoms. The minimum Gasteiger partial charge on any atom is -0.494 e. The minimum absolute atomic E-state index is 0.686. The number of nitrogen functional groups attached to an aromatic ring is 1. The highest BCUT2D eigenvalue weighted by Crippen LogP contribution is 2.32. The molecule has 112 valence electrons. The summed E-state index contributed by atoms with van der Waals surface area (Å²) in [5.74, 6) is 3.46. The van der Waals surface area contributed by atoms with E-state index in [1.807, 2.05) is 24.3 Å². The van der Waals surface area contributed by atoms with E-state index in [0.29, 0.717) is 5.92 Å². The number of nitrogens with two attached hydrogens (primary N) is 1. The third-order valence-corrected chi connectivity index (χ3v) is 4.04. The number of benzene rings is 1. The summed E-state index contributed by atoms with van der Waals surface area (Å²) in [6, 6.07) is 8.06. The van der Waals surface area contributed by atoms with Crippen molar-refractivity contribution in [3.63, 3.8) is 0 Å². The fourth-order valence-corrected chi connectivity index (χ4v) is 2.85. The van der Waals surface area contributed by atoms with Gasteiger partial charge in [0.05, 0.1) is 6.61 Å². The Morgan fingerprint density at radius 2 is 2.29 bits per heavy atom. The van der Waals surface area contributed by atoms with E-state index in [1.54, 1.807) is 0 Å². The van der Waals surface area contributed by atoms with Crippen molar-refractivity contribution in [3.8, 4) is 17.0 Å². The summed E-state index contributed by atoms with van der Waals surface area (Å²) >= 11 is 0. The third-order valence-electron chi connectivity index (χ3n) is 4.04. The van der Waals surface area contributed by atoms with Crippen LogP contribution in [0.15, 0.2) is 24.3 Å². The molecule has 0 aliphatic carbocycles. The molecular formula is C17H23N3O. The fourth-order valence-electron chi connectivity index (χ4n) is 2.85. The molecule has 0 amide bonds. The van der Waals surface area contributed by atoms with Crippen molar-refractivity contribution < 1.29 is 4.74 Å². The number of aromatic nitrogens is 2. The molecule has 0 saturated heterocycles. The van der Waals surface area contributed by atoms with Gasteiger partial charge in [0.2, 0.25) is 0 Å². The lowest BCUT2D eigenvalue weighted by Crippen LogP contribution is -2.18. The summed E-state index contributed by atoms with van der Waals surface area (Å²) < 4.78 is 7.86. The summed E-state index contributed by atoms with van der Waals surface area (Å²) in [5, 5.41) is 0. The lowest BCUT2D eigenvalue weighted by molar-refractivity contribution is 0.317. The van der Waals surface area contributed by atoms with Gasteiger partial charge in [0.1, 0.15) is 23.1 Å². The molecule has 2 aromatic rings. The number of hydrogen-bond acceptors (Lipinski definition) is 3. The van der Waals surface area contributed by atoms with Gasteiger partial charge < -0.3 is 15.0 Å². The smallest absolute Gasteiger partial charge is 0.131 e. The standard InChI is InChI=1S/C17H23N3O/c1-3-9-21-14-6-4-5-13(11-14)16-17(18)20-8-7-12(2)10-15(20)19-16/h4-6,11-12H,3,7-10,18H2,1-2H3. The average molecular weight is 285 g/mol. The predicted molar refractivity (Wildman–Crippen MR) is 85.3 cm³/mol. The second-order valence-electron chi connectivity index (χ2n) is 5.89. The largest absolute Gasteiger partial charge is 0.494 e. The molecule has 0 bridgehead atoms. The molecule has 1 aliphatic rings. The zero-order valence-electron chi connectivity index (χ0n) is 12.8. The van der Waals surface area contributed by atoms with Gasteiger partial charge in [-0.1, -0.05) is 26.0 Å². The SMILES string of the molecule is CCCOc1cccc(-c2nc3n(c2N)CCC(C)C3)c1. The molecule has 0 fully saturated rings. The lowest BCUT2D eigenvalue weighted by atomic mass is 10.0. The maximum absolute atomic E-state index is 6.31. The molecule has 1 unspecified atom stereocenters. The fraction of sp³-hybridized carbons (Fsp3) is 0.471. The van der Waals surface area contributed by atoms with Gasteiger partial charge in [-0.2, -0.15) is 0 Å². The second kappa shape index (κ2) is 5.80. The number of fused-ring (bicyclic) bond motifs is 1. The molecule has 1 atom stereocenters. The van der Waals surface area contributed by atoms with E-state index < -0.39 is 0 Å². The Balaban J connectivity index is 1.94. The Morgan fingerprint density at radius 1 is 1.43 bits per heavy atom. The van der Waals surface area contributed by atoms with Crippen LogP contribution in [-0.2, 0) is 13.0 Å². The number of rotatable bonds is 4. The van der Waals surface area contributed by atoms with Gasteiger partial charge in [0.15, 0.2) is 0 Å². The topological polar surface area (TPSA) is 53.1 Å². The lowest BCUT2D eigenvalue weighted by Gasteiger charge is -2.20. The van der Waals surface area contributed by atoms with Crippen LogP contribution in [0, 0.1) is 5.92 Å². The summed E-state index contributed by atoms with van der Waals surface area (Å²) in [4.78, 5) is 4.77. The van der Waals surface area contributed by atoms with Crippen molar-refractivity contribution in [1.29, 1.82) is 0 Å². The average Bonchev–Trinajstić information content (AvgIpc) is 2.82. The van der Waals surface area contributed by atoms with Crippen molar-refractivity contribution in [3.05, 3.63) is 30.1 Å². The maximum Gasteiger partial charge on any atom is 0.131 e. The van der Waals surface area contributed by atoms with Crippen molar-refractivity contribution in [2.75, 3.05) is 12.3 Å². The van der Waals surface area contributed by atoms with Crippen LogP contribution >= 0.6 is 0 Å². The van der Waals surface area contributed by atoms with Crippen LogP contribution < -0.4 is 10.5 Å². The molecule has 4 heteroatoms. The van der Waals surface area contributed by atoms with E-state index in [9.17, 15) is 0 Å². The molecule has 3 rings (SSSR count). The second-order valence-corrected chi connectivity index (χ2v) is 5.89. The van der Waals surface area contributed by atoms with Gasteiger partial charge >= 0.3 is 0 Å².